The Morgan fingerprint density at radius 1 is 1.59 bits per heavy atom. The van der Waals surface area contributed by atoms with Crippen LogP contribution >= 0.6 is 24.4 Å². The van der Waals surface area contributed by atoms with E-state index < -0.39 is 12.0 Å². The number of amides is 1. The van der Waals surface area contributed by atoms with Gasteiger partial charge in [0.05, 0.1) is 0 Å². The van der Waals surface area contributed by atoms with Gasteiger partial charge in [0.2, 0.25) is 5.91 Å². The number of carbonyl (C=O) groups is 2. The van der Waals surface area contributed by atoms with Gasteiger partial charge in [0.25, 0.3) is 0 Å². The molecule has 0 bridgehead atoms. The molecule has 98 valence electrons. The van der Waals surface area contributed by atoms with Gasteiger partial charge >= 0.3 is 5.97 Å². The van der Waals surface area contributed by atoms with Crippen molar-refractivity contribution in [1.29, 1.82) is 0 Å². The topological polar surface area (TPSA) is 57.6 Å². The number of rotatable bonds is 5. The summed E-state index contributed by atoms with van der Waals surface area (Å²) in [6.45, 7) is 4.34. The van der Waals surface area contributed by atoms with Crippen LogP contribution < -0.4 is 0 Å². The van der Waals surface area contributed by atoms with Crippen LogP contribution in [-0.4, -0.2) is 51.2 Å². The van der Waals surface area contributed by atoms with Crippen molar-refractivity contribution in [3.63, 3.8) is 0 Å². The number of hydrogen-bond acceptors (Lipinski definition) is 4. The first-order valence-electron chi connectivity index (χ1n) is 5.78. The van der Waals surface area contributed by atoms with Gasteiger partial charge in [-0.25, -0.2) is 4.79 Å². The Balaban J connectivity index is 2.79. The molecule has 0 aromatic rings. The van der Waals surface area contributed by atoms with Crippen LogP contribution in [0.4, 0.5) is 0 Å². The molecule has 4 nitrogen and oxygen atoms in total. The third-order valence-electron chi connectivity index (χ3n) is 2.95. The van der Waals surface area contributed by atoms with Crippen molar-refractivity contribution in [2.45, 2.75) is 31.6 Å². The number of thiol groups is 1. The average molecular weight is 277 g/mol. The number of hydrogen-bond donors (Lipinski definition) is 2. The van der Waals surface area contributed by atoms with E-state index in [9.17, 15) is 14.7 Å². The van der Waals surface area contributed by atoms with Crippen LogP contribution in [-0.2, 0) is 9.59 Å². The third-order valence-corrected chi connectivity index (χ3v) is 4.76. The minimum absolute atomic E-state index is 0.0218. The van der Waals surface area contributed by atoms with E-state index in [0.717, 1.165) is 12.2 Å². The molecular weight excluding hydrogens is 258 g/mol. The predicted octanol–water partition coefficient (Wildman–Crippen LogP) is 1.36. The van der Waals surface area contributed by atoms with E-state index in [1.165, 1.54) is 4.90 Å². The monoisotopic (exact) mass is 277 g/mol. The van der Waals surface area contributed by atoms with Gasteiger partial charge in [0, 0.05) is 23.5 Å². The molecule has 0 saturated carbocycles. The lowest BCUT2D eigenvalue weighted by Gasteiger charge is -2.26. The maximum Gasteiger partial charge on any atom is 0.327 e. The van der Waals surface area contributed by atoms with Crippen molar-refractivity contribution in [2.24, 2.45) is 5.92 Å². The molecule has 1 N–H and O–H groups in total. The molecule has 1 aliphatic heterocycles. The zero-order chi connectivity index (χ0) is 13.0. The van der Waals surface area contributed by atoms with Gasteiger partial charge in [-0.15, -0.1) is 0 Å². The van der Waals surface area contributed by atoms with Crippen molar-refractivity contribution in [3.8, 4) is 0 Å². The second-order valence-corrected chi connectivity index (χ2v) is 6.06. The number of aliphatic carboxylic acids is 1. The van der Waals surface area contributed by atoms with Crippen molar-refractivity contribution in [3.05, 3.63) is 0 Å². The van der Waals surface area contributed by atoms with Gasteiger partial charge in [0.1, 0.15) is 6.04 Å². The lowest BCUT2D eigenvalue weighted by atomic mass is 10.1. The Morgan fingerprint density at radius 2 is 2.24 bits per heavy atom. The lowest BCUT2D eigenvalue weighted by Crippen LogP contribution is -2.46. The normalized spacial score (nSPS) is 25.9. The Morgan fingerprint density at radius 3 is 2.71 bits per heavy atom. The molecule has 1 fully saturated rings. The summed E-state index contributed by atoms with van der Waals surface area (Å²) in [5, 5.41) is 9.28. The fourth-order valence-corrected chi connectivity index (χ4v) is 3.36. The number of carbonyl (C=O) groups excluding carboxylic acids is 1. The van der Waals surface area contributed by atoms with E-state index in [1.807, 2.05) is 6.92 Å². The fraction of sp³-hybridized carbons (Fsp3) is 0.818. The predicted molar refractivity (Wildman–Crippen MR) is 72.7 cm³/mol. The van der Waals surface area contributed by atoms with Crippen LogP contribution in [0.3, 0.4) is 0 Å². The molecule has 0 aliphatic carbocycles. The summed E-state index contributed by atoms with van der Waals surface area (Å²) < 4.78 is 0. The van der Waals surface area contributed by atoms with Gasteiger partial charge in [-0.1, -0.05) is 13.8 Å². The summed E-state index contributed by atoms with van der Waals surface area (Å²) in [7, 11) is 0. The highest BCUT2D eigenvalue weighted by atomic mass is 32.2. The molecule has 6 heteroatoms. The van der Waals surface area contributed by atoms with E-state index in [0.29, 0.717) is 12.3 Å². The number of carboxylic acid groups (broad SMARTS) is 1. The van der Waals surface area contributed by atoms with E-state index in [4.69, 9.17) is 0 Å². The van der Waals surface area contributed by atoms with Crippen molar-refractivity contribution in [2.75, 3.05) is 18.1 Å². The van der Waals surface area contributed by atoms with E-state index in [2.05, 4.69) is 12.6 Å². The maximum absolute atomic E-state index is 12.0. The summed E-state index contributed by atoms with van der Waals surface area (Å²) >= 11 is 5.71. The van der Waals surface area contributed by atoms with Gasteiger partial charge in [-0.2, -0.15) is 24.4 Å². The summed E-state index contributed by atoms with van der Waals surface area (Å²) in [4.78, 5) is 24.8. The molecule has 1 aliphatic rings. The van der Waals surface area contributed by atoms with Gasteiger partial charge in [-0.3, -0.25) is 4.79 Å². The Bertz CT molecular complexity index is 298. The third kappa shape index (κ3) is 3.31. The molecule has 0 aromatic carbocycles. The highest BCUT2D eigenvalue weighted by molar-refractivity contribution is 7.99. The van der Waals surface area contributed by atoms with Crippen LogP contribution in [0, 0.1) is 5.92 Å². The molecule has 17 heavy (non-hydrogen) atoms. The summed E-state index contributed by atoms with van der Waals surface area (Å²) in [5.74, 6) is 0.122. The quantitative estimate of drug-likeness (QED) is 0.745. The largest absolute Gasteiger partial charge is 0.480 e. The number of nitrogens with zero attached hydrogens (tertiary/aromatic N) is 1. The summed E-state index contributed by atoms with van der Waals surface area (Å²) in [6, 6.07) is -0.671. The molecule has 2 unspecified atom stereocenters. The Labute approximate surface area is 112 Å². The SMILES string of the molecule is CCSC1CCN(C(=O)C(C)CS)[C@@H]1C(=O)O. The highest BCUT2D eigenvalue weighted by Gasteiger charge is 2.42. The van der Waals surface area contributed by atoms with Crippen molar-refractivity contribution < 1.29 is 14.7 Å². The molecule has 0 aromatic heterocycles. The van der Waals surface area contributed by atoms with Gasteiger partial charge in [-0.05, 0) is 12.2 Å². The first-order chi connectivity index (χ1) is 8.02. The van der Waals surface area contributed by atoms with Crippen LogP contribution in [0.25, 0.3) is 0 Å². The average Bonchev–Trinajstić information content (AvgIpc) is 2.71. The minimum atomic E-state index is -0.895. The molecule has 0 spiro atoms. The standard InChI is InChI=1S/C11H19NO3S2/c1-3-17-8-4-5-12(9(8)11(14)15)10(13)7(2)6-16/h7-9,16H,3-6H2,1-2H3,(H,14,15)/t7?,8?,9-/m0/s1. The summed E-state index contributed by atoms with van der Waals surface area (Å²) in [6.07, 6.45) is 0.764. The number of thioether (sulfide) groups is 1. The highest BCUT2D eigenvalue weighted by Crippen LogP contribution is 2.30. The summed E-state index contributed by atoms with van der Waals surface area (Å²) in [5.41, 5.74) is 0. The fourth-order valence-electron chi connectivity index (χ4n) is 2.05. The van der Waals surface area contributed by atoms with Crippen molar-refractivity contribution in [1.82, 2.24) is 4.90 Å². The Kier molecular flexibility index (Phi) is 5.66. The van der Waals surface area contributed by atoms with Crippen LogP contribution in [0.1, 0.15) is 20.3 Å². The second-order valence-electron chi connectivity index (χ2n) is 4.18. The van der Waals surface area contributed by atoms with Gasteiger partial charge in [0.15, 0.2) is 0 Å². The van der Waals surface area contributed by atoms with Crippen molar-refractivity contribution >= 4 is 36.3 Å². The molecule has 1 amide bonds. The van der Waals surface area contributed by atoms with E-state index >= 15 is 0 Å². The zero-order valence-electron chi connectivity index (χ0n) is 10.1. The molecule has 1 saturated heterocycles. The van der Waals surface area contributed by atoms with Gasteiger partial charge < -0.3 is 10.0 Å². The first-order valence-corrected chi connectivity index (χ1v) is 7.46. The minimum Gasteiger partial charge on any atom is -0.480 e. The van der Waals surface area contributed by atoms with Crippen LogP contribution in [0.2, 0.25) is 0 Å². The first kappa shape index (κ1) is 14.7. The second kappa shape index (κ2) is 6.54. The molecule has 3 atom stereocenters. The van der Waals surface area contributed by atoms with Crippen LogP contribution in [0.15, 0.2) is 0 Å². The molecule has 1 heterocycles. The lowest BCUT2D eigenvalue weighted by molar-refractivity contribution is -0.149. The Hall–Kier alpha value is -0.360. The number of likely N-dealkylation sites (tertiary alicyclic amines) is 1. The zero-order valence-corrected chi connectivity index (χ0v) is 11.8. The smallest absolute Gasteiger partial charge is 0.327 e. The van der Waals surface area contributed by atoms with E-state index in [1.54, 1.807) is 18.7 Å². The molecule has 1 rings (SSSR count). The number of carboxylic acids is 1. The van der Waals surface area contributed by atoms with Crippen LogP contribution in [0.5, 0.6) is 0 Å². The molecule has 0 radical (unpaired) electrons. The molecular formula is C11H19NO3S2. The van der Waals surface area contributed by atoms with E-state index in [-0.39, 0.29) is 17.1 Å². The maximum atomic E-state index is 12.0.